The first-order valence-electron chi connectivity index (χ1n) is 7.39. The topological polar surface area (TPSA) is 46.5 Å². The lowest BCUT2D eigenvalue weighted by atomic mass is 10.0. The third-order valence-electron chi connectivity index (χ3n) is 3.65. The molecule has 2 heterocycles. The number of halogens is 6. The summed E-state index contributed by atoms with van der Waals surface area (Å²) in [6.45, 7) is 0.243. The van der Waals surface area contributed by atoms with Crippen LogP contribution in [-0.2, 0) is 11.0 Å². The van der Waals surface area contributed by atoms with Gasteiger partial charge in [0, 0.05) is 18.2 Å². The van der Waals surface area contributed by atoms with Crippen molar-refractivity contribution >= 4 is 46.3 Å². The molecule has 1 N–H and O–H groups in total. The van der Waals surface area contributed by atoms with Gasteiger partial charge in [0.1, 0.15) is 11.9 Å². The summed E-state index contributed by atoms with van der Waals surface area (Å²) in [5.74, 6) is 0.132. The van der Waals surface area contributed by atoms with E-state index in [0.717, 1.165) is 12.3 Å². The second-order valence-electron chi connectivity index (χ2n) is 5.50. The predicted molar refractivity (Wildman–Crippen MR) is 95.2 cm³/mol. The van der Waals surface area contributed by atoms with Gasteiger partial charge in [-0.25, -0.2) is 4.98 Å². The molecule has 3 rings (SSSR count). The summed E-state index contributed by atoms with van der Waals surface area (Å²) in [7, 11) is 0. The van der Waals surface area contributed by atoms with Gasteiger partial charge in [-0.05, 0) is 18.2 Å². The maximum absolute atomic E-state index is 12.6. The normalized spacial score (nSPS) is 17.0. The van der Waals surface area contributed by atoms with E-state index < -0.39 is 11.7 Å². The van der Waals surface area contributed by atoms with Gasteiger partial charge < -0.3 is 10.2 Å². The molecule has 0 unspecified atom stereocenters. The fourth-order valence-corrected chi connectivity index (χ4v) is 3.24. The average molecular weight is 425 g/mol. The van der Waals surface area contributed by atoms with Gasteiger partial charge in [-0.2, -0.15) is 13.2 Å². The van der Waals surface area contributed by atoms with Crippen LogP contribution < -0.4 is 5.32 Å². The molecule has 0 aliphatic carbocycles. The molecule has 0 fully saturated rings. The molecular formula is C16H11Cl3F3N3O. The van der Waals surface area contributed by atoms with Crippen molar-refractivity contribution < 1.29 is 18.0 Å². The van der Waals surface area contributed by atoms with Gasteiger partial charge in [0.2, 0.25) is 0 Å². The predicted octanol–water partition coefficient (Wildman–Crippen LogP) is 5.67. The minimum absolute atomic E-state index is 0.131. The number of nitrogens with one attached hydrogen (secondary N) is 1. The molecule has 2 aromatic rings. The van der Waals surface area contributed by atoms with Crippen LogP contribution in [-0.4, -0.2) is 23.3 Å². The number of hydrogen-bond donors (Lipinski definition) is 1. The molecule has 1 aliphatic rings. The van der Waals surface area contributed by atoms with Gasteiger partial charge >= 0.3 is 6.18 Å². The Bertz CT molecular complexity index is 838. The van der Waals surface area contributed by atoms with Crippen molar-refractivity contribution in [2.24, 2.45) is 5.16 Å². The minimum Gasteiger partial charge on any atom is -0.390 e. The van der Waals surface area contributed by atoms with Crippen LogP contribution in [0.4, 0.5) is 19.0 Å². The van der Waals surface area contributed by atoms with Gasteiger partial charge in [0.15, 0.2) is 0 Å². The second kappa shape index (κ2) is 7.50. The number of aromatic nitrogens is 1. The molecule has 10 heteroatoms. The third kappa shape index (κ3) is 4.16. The summed E-state index contributed by atoms with van der Waals surface area (Å²) in [6, 6.07) is 5.94. The molecule has 1 aromatic heterocycles. The van der Waals surface area contributed by atoms with E-state index in [0.29, 0.717) is 27.7 Å². The first-order valence-corrected chi connectivity index (χ1v) is 8.53. The van der Waals surface area contributed by atoms with E-state index in [1.807, 2.05) is 0 Å². The number of anilines is 1. The van der Waals surface area contributed by atoms with Gasteiger partial charge in [0.25, 0.3) is 0 Å². The Morgan fingerprint density at radius 1 is 1.15 bits per heavy atom. The van der Waals surface area contributed by atoms with Gasteiger partial charge in [0.05, 0.1) is 32.9 Å². The van der Waals surface area contributed by atoms with Crippen LogP contribution in [0.5, 0.6) is 0 Å². The lowest BCUT2D eigenvalue weighted by Gasteiger charge is -2.13. The standard InChI is InChI=1S/C16H11Cl3F3N3O/c17-10-2-1-3-11(18)14(10)13-5-9(26-25-13)7-24-15-12(19)4-8(6-23-15)16(20,21)22/h1-4,6,9H,5,7H2,(H,23,24)/t9-/m1/s1. The number of pyridine rings is 1. The Kier molecular flexibility index (Phi) is 5.50. The van der Waals surface area contributed by atoms with E-state index in [1.54, 1.807) is 18.2 Å². The second-order valence-corrected chi connectivity index (χ2v) is 6.72. The number of alkyl halides is 3. The van der Waals surface area contributed by atoms with E-state index >= 15 is 0 Å². The van der Waals surface area contributed by atoms with Crippen LogP contribution in [0.2, 0.25) is 15.1 Å². The maximum atomic E-state index is 12.6. The molecule has 26 heavy (non-hydrogen) atoms. The van der Waals surface area contributed by atoms with Crippen LogP contribution in [0.3, 0.4) is 0 Å². The Hall–Kier alpha value is -1.70. The molecule has 0 radical (unpaired) electrons. The van der Waals surface area contributed by atoms with Crippen LogP contribution in [0, 0.1) is 0 Å². The summed E-state index contributed by atoms with van der Waals surface area (Å²) >= 11 is 18.2. The van der Waals surface area contributed by atoms with E-state index in [4.69, 9.17) is 39.6 Å². The smallest absolute Gasteiger partial charge is 0.390 e. The molecule has 0 bridgehead atoms. The van der Waals surface area contributed by atoms with Crippen molar-refractivity contribution in [3.05, 3.63) is 56.7 Å². The highest BCUT2D eigenvalue weighted by molar-refractivity contribution is 6.40. The van der Waals surface area contributed by atoms with Crippen LogP contribution in [0.25, 0.3) is 0 Å². The van der Waals surface area contributed by atoms with Crippen molar-refractivity contribution in [2.45, 2.75) is 18.7 Å². The number of rotatable bonds is 4. The number of benzene rings is 1. The molecule has 1 aromatic carbocycles. The summed E-state index contributed by atoms with van der Waals surface area (Å²) in [6.07, 6.45) is -3.72. The van der Waals surface area contributed by atoms with E-state index in [1.165, 1.54) is 0 Å². The zero-order valence-corrected chi connectivity index (χ0v) is 15.2. The monoisotopic (exact) mass is 423 g/mol. The Morgan fingerprint density at radius 3 is 2.46 bits per heavy atom. The molecule has 4 nitrogen and oxygen atoms in total. The summed E-state index contributed by atoms with van der Waals surface area (Å²) in [5.41, 5.74) is 0.284. The highest BCUT2D eigenvalue weighted by atomic mass is 35.5. The highest BCUT2D eigenvalue weighted by Gasteiger charge is 2.32. The SMILES string of the molecule is FC(F)(F)c1cnc(NC[C@H]2CC(c3c(Cl)cccc3Cl)=NO2)c(Cl)c1. The molecule has 1 aliphatic heterocycles. The number of nitrogens with zero attached hydrogens (tertiary/aromatic N) is 2. The van der Waals surface area contributed by atoms with Crippen molar-refractivity contribution in [1.29, 1.82) is 0 Å². The minimum atomic E-state index is -4.50. The zero-order chi connectivity index (χ0) is 18.9. The summed E-state index contributed by atoms with van der Waals surface area (Å²) < 4.78 is 37.9. The van der Waals surface area contributed by atoms with Gasteiger partial charge in [-0.3, -0.25) is 0 Å². The largest absolute Gasteiger partial charge is 0.417 e. The molecule has 0 saturated heterocycles. The summed E-state index contributed by atoms with van der Waals surface area (Å²) in [5, 5.41) is 7.64. The van der Waals surface area contributed by atoms with Crippen LogP contribution >= 0.6 is 34.8 Å². The van der Waals surface area contributed by atoms with E-state index in [2.05, 4.69) is 15.5 Å². The van der Waals surface area contributed by atoms with Crippen molar-refractivity contribution in [2.75, 3.05) is 11.9 Å². The Labute approximate surface area is 161 Å². The number of hydrogen-bond acceptors (Lipinski definition) is 4. The quantitative estimate of drug-likeness (QED) is 0.688. The van der Waals surface area contributed by atoms with E-state index in [-0.39, 0.29) is 23.5 Å². The Morgan fingerprint density at radius 2 is 1.85 bits per heavy atom. The molecule has 0 spiro atoms. The molecular weight excluding hydrogens is 414 g/mol. The average Bonchev–Trinajstić information content (AvgIpc) is 3.01. The molecule has 1 atom stereocenters. The third-order valence-corrected chi connectivity index (χ3v) is 4.57. The van der Waals surface area contributed by atoms with Crippen molar-refractivity contribution in [1.82, 2.24) is 4.98 Å². The van der Waals surface area contributed by atoms with Gasteiger partial charge in [-0.15, -0.1) is 0 Å². The molecule has 138 valence electrons. The van der Waals surface area contributed by atoms with Crippen molar-refractivity contribution in [3.63, 3.8) is 0 Å². The lowest BCUT2D eigenvalue weighted by Crippen LogP contribution is -2.21. The van der Waals surface area contributed by atoms with Crippen LogP contribution in [0.1, 0.15) is 17.5 Å². The number of oxime groups is 1. The van der Waals surface area contributed by atoms with Gasteiger partial charge in [-0.1, -0.05) is 46.0 Å². The fraction of sp³-hybridized carbons (Fsp3) is 0.250. The fourth-order valence-electron chi connectivity index (χ4n) is 2.39. The lowest BCUT2D eigenvalue weighted by molar-refractivity contribution is -0.137. The maximum Gasteiger partial charge on any atom is 0.417 e. The Balaban J connectivity index is 1.63. The van der Waals surface area contributed by atoms with Crippen molar-refractivity contribution in [3.8, 4) is 0 Å². The first kappa shape index (κ1) is 19.1. The molecule has 0 saturated carbocycles. The van der Waals surface area contributed by atoms with Crippen LogP contribution in [0.15, 0.2) is 35.6 Å². The van der Waals surface area contributed by atoms with E-state index in [9.17, 15) is 13.2 Å². The highest BCUT2D eigenvalue weighted by Crippen LogP contribution is 2.33. The first-order chi connectivity index (χ1) is 12.3. The summed E-state index contributed by atoms with van der Waals surface area (Å²) in [4.78, 5) is 9.04. The molecule has 0 amide bonds. The zero-order valence-electron chi connectivity index (χ0n) is 12.9.